The van der Waals surface area contributed by atoms with Crippen LogP contribution in [-0.4, -0.2) is 36.6 Å². The van der Waals surface area contributed by atoms with E-state index in [4.69, 9.17) is 14.2 Å². The van der Waals surface area contributed by atoms with E-state index >= 15 is 0 Å². The smallest absolute Gasteiger partial charge is 0.0747 e. The number of ether oxygens (including phenoxy) is 3. The highest BCUT2D eigenvalue weighted by molar-refractivity contribution is 5.21. The van der Waals surface area contributed by atoms with Crippen molar-refractivity contribution >= 4 is 0 Å². The van der Waals surface area contributed by atoms with Crippen LogP contribution in [0.5, 0.6) is 0 Å². The monoisotopic (exact) mass is 332 g/mol. The van der Waals surface area contributed by atoms with Crippen molar-refractivity contribution < 1.29 is 14.2 Å². The van der Waals surface area contributed by atoms with Gasteiger partial charge in [0, 0.05) is 19.3 Å². The fraction of sp³-hybridized carbons (Fsp3) is 0.714. The predicted molar refractivity (Wildman–Crippen MR) is 97.1 cm³/mol. The summed E-state index contributed by atoms with van der Waals surface area (Å²) in [5.74, 6) is 0. The van der Waals surface area contributed by atoms with E-state index in [9.17, 15) is 0 Å². The van der Waals surface area contributed by atoms with E-state index in [-0.39, 0.29) is 22.2 Å². The highest BCUT2D eigenvalue weighted by Crippen LogP contribution is 2.68. The van der Waals surface area contributed by atoms with E-state index in [0.717, 1.165) is 44.9 Å². The van der Waals surface area contributed by atoms with Gasteiger partial charge in [-0.2, -0.15) is 0 Å². The molecule has 0 radical (unpaired) electrons. The Bertz CT molecular complexity index is 432. The minimum absolute atomic E-state index is 0.151. The molecule has 4 rings (SSSR count). The van der Waals surface area contributed by atoms with Crippen LogP contribution in [0.1, 0.15) is 51.9 Å². The minimum atomic E-state index is -0.151. The van der Waals surface area contributed by atoms with Crippen molar-refractivity contribution in [1.82, 2.24) is 0 Å². The molecule has 0 unspecified atom stereocenters. The molecule has 4 bridgehead atoms. The van der Waals surface area contributed by atoms with Crippen LogP contribution in [0.15, 0.2) is 38.0 Å². The number of hydrogen-bond acceptors (Lipinski definition) is 3. The van der Waals surface area contributed by atoms with Crippen molar-refractivity contribution in [2.75, 3.05) is 19.8 Å². The normalized spacial score (nSPS) is 42.9. The van der Waals surface area contributed by atoms with Crippen LogP contribution in [0.4, 0.5) is 0 Å². The first-order chi connectivity index (χ1) is 11.5. The van der Waals surface area contributed by atoms with Gasteiger partial charge in [-0.25, -0.2) is 0 Å². The summed E-state index contributed by atoms with van der Waals surface area (Å²) in [5, 5.41) is 0. The Hall–Kier alpha value is -0.900. The van der Waals surface area contributed by atoms with Gasteiger partial charge in [0.05, 0.1) is 36.6 Å². The van der Waals surface area contributed by atoms with Crippen molar-refractivity contribution in [3.05, 3.63) is 38.0 Å². The molecule has 0 aromatic heterocycles. The summed E-state index contributed by atoms with van der Waals surface area (Å²) in [6, 6.07) is 0. The molecule has 4 saturated carbocycles. The van der Waals surface area contributed by atoms with Gasteiger partial charge < -0.3 is 14.2 Å². The average molecular weight is 332 g/mol. The van der Waals surface area contributed by atoms with Crippen LogP contribution in [0.2, 0.25) is 0 Å². The lowest BCUT2D eigenvalue weighted by Gasteiger charge is -2.69. The standard InChI is InChI=1S/C21H32O3/c1-5-9-22-19-12-18(8-4)13-20(15-19,23-10-6-2)17-21(14-18,16-19)24-11-7-3/h5-7H,1-3,8-17H2,4H3. The van der Waals surface area contributed by atoms with Crippen molar-refractivity contribution in [3.8, 4) is 0 Å². The van der Waals surface area contributed by atoms with Crippen LogP contribution in [0.25, 0.3) is 0 Å². The van der Waals surface area contributed by atoms with E-state index in [2.05, 4.69) is 26.7 Å². The molecular formula is C21H32O3. The second-order valence-corrected chi connectivity index (χ2v) is 8.26. The molecule has 4 aliphatic carbocycles. The lowest BCUT2D eigenvalue weighted by molar-refractivity contribution is -0.308. The van der Waals surface area contributed by atoms with Gasteiger partial charge >= 0.3 is 0 Å². The molecule has 134 valence electrons. The first-order valence-electron chi connectivity index (χ1n) is 9.23. The van der Waals surface area contributed by atoms with Crippen molar-refractivity contribution in [2.45, 2.75) is 68.7 Å². The van der Waals surface area contributed by atoms with E-state index in [1.165, 1.54) is 0 Å². The Morgan fingerprint density at radius 3 is 1.25 bits per heavy atom. The molecule has 3 heteroatoms. The van der Waals surface area contributed by atoms with E-state index in [0.29, 0.717) is 19.8 Å². The minimum Gasteiger partial charge on any atom is -0.371 e. The van der Waals surface area contributed by atoms with Gasteiger partial charge in [-0.3, -0.25) is 0 Å². The average Bonchev–Trinajstić information content (AvgIpc) is 2.55. The summed E-state index contributed by atoms with van der Waals surface area (Å²) in [5.41, 5.74) is -0.206. The lowest BCUT2D eigenvalue weighted by Crippen LogP contribution is -2.71. The highest BCUT2D eigenvalue weighted by atomic mass is 16.5. The molecule has 0 N–H and O–H groups in total. The Morgan fingerprint density at radius 1 is 0.667 bits per heavy atom. The summed E-state index contributed by atoms with van der Waals surface area (Å²) in [6.07, 6.45) is 12.9. The maximum atomic E-state index is 6.40. The zero-order valence-electron chi connectivity index (χ0n) is 15.1. The largest absolute Gasteiger partial charge is 0.371 e. The van der Waals surface area contributed by atoms with Gasteiger partial charge in [0.15, 0.2) is 0 Å². The van der Waals surface area contributed by atoms with Gasteiger partial charge in [-0.05, 0) is 24.7 Å². The Kier molecular flexibility index (Phi) is 4.80. The number of hydrogen-bond donors (Lipinski definition) is 0. The third kappa shape index (κ3) is 3.02. The van der Waals surface area contributed by atoms with Crippen LogP contribution >= 0.6 is 0 Å². The Balaban J connectivity index is 1.97. The first-order valence-corrected chi connectivity index (χ1v) is 9.23. The van der Waals surface area contributed by atoms with E-state index in [1.807, 2.05) is 18.2 Å². The maximum Gasteiger partial charge on any atom is 0.0747 e. The SMILES string of the molecule is C=CCOC12CC3(CC)CC(OCC=C)(C1)CC(OCC=C)(C3)C2. The molecule has 0 aliphatic heterocycles. The summed E-state index contributed by atoms with van der Waals surface area (Å²) >= 11 is 0. The van der Waals surface area contributed by atoms with Crippen LogP contribution < -0.4 is 0 Å². The highest BCUT2D eigenvalue weighted by Gasteiger charge is 2.69. The van der Waals surface area contributed by atoms with Crippen molar-refractivity contribution in [2.24, 2.45) is 5.41 Å². The second kappa shape index (κ2) is 6.44. The molecule has 0 saturated heterocycles. The molecule has 0 heterocycles. The molecule has 0 aromatic rings. The summed E-state index contributed by atoms with van der Waals surface area (Å²) in [4.78, 5) is 0. The third-order valence-corrected chi connectivity index (χ3v) is 6.30. The molecule has 0 aromatic carbocycles. The van der Waals surface area contributed by atoms with Gasteiger partial charge in [0.25, 0.3) is 0 Å². The molecule has 24 heavy (non-hydrogen) atoms. The predicted octanol–water partition coefficient (Wildman–Crippen LogP) is 4.59. The topological polar surface area (TPSA) is 27.7 Å². The molecule has 4 fully saturated rings. The van der Waals surface area contributed by atoms with E-state index < -0.39 is 0 Å². The molecule has 0 atom stereocenters. The second-order valence-electron chi connectivity index (χ2n) is 8.26. The molecule has 0 spiro atoms. The summed E-state index contributed by atoms with van der Waals surface area (Å²) in [7, 11) is 0. The quantitative estimate of drug-likeness (QED) is 0.548. The van der Waals surface area contributed by atoms with Gasteiger partial charge in [-0.15, -0.1) is 19.7 Å². The van der Waals surface area contributed by atoms with Crippen molar-refractivity contribution in [1.29, 1.82) is 0 Å². The van der Waals surface area contributed by atoms with Crippen LogP contribution in [0.3, 0.4) is 0 Å². The van der Waals surface area contributed by atoms with E-state index in [1.54, 1.807) is 0 Å². The zero-order valence-corrected chi connectivity index (χ0v) is 15.1. The van der Waals surface area contributed by atoms with Crippen molar-refractivity contribution in [3.63, 3.8) is 0 Å². The Labute approximate surface area is 146 Å². The molecule has 3 nitrogen and oxygen atoms in total. The molecule has 4 aliphatic rings. The summed E-state index contributed by atoms with van der Waals surface area (Å²) < 4.78 is 19.2. The first kappa shape index (κ1) is 17.9. The van der Waals surface area contributed by atoms with Crippen LogP contribution in [0, 0.1) is 5.41 Å². The molecule has 0 amide bonds. The lowest BCUT2D eigenvalue weighted by atomic mass is 9.44. The van der Waals surface area contributed by atoms with Gasteiger partial charge in [0.1, 0.15) is 0 Å². The number of rotatable bonds is 10. The summed E-state index contributed by atoms with van der Waals surface area (Å²) in [6.45, 7) is 15.6. The molecular weight excluding hydrogens is 300 g/mol. The maximum absolute atomic E-state index is 6.40. The van der Waals surface area contributed by atoms with Crippen LogP contribution in [-0.2, 0) is 14.2 Å². The van der Waals surface area contributed by atoms with Gasteiger partial charge in [0.2, 0.25) is 0 Å². The third-order valence-electron chi connectivity index (χ3n) is 6.30. The Morgan fingerprint density at radius 2 is 1.00 bits per heavy atom. The fourth-order valence-corrected chi connectivity index (χ4v) is 6.10. The fourth-order valence-electron chi connectivity index (χ4n) is 6.10. The van der Waals surface area contributed by atoms with Gasteiger partial charge in [-0.1, -0.05) is 31.6 Å². The zero-order chi connectivity index (χ0) is 17.3.